The van der Waals surface area contributed by atoms with Crippen molar-refractivity contribution in [3.8, 4) is 0 Å². The molecule has 2 fully saturated rings. The van der Waals surface area contributed by atoms with E-state index in [9.17, 15) is 14.3 Å². The zero-order valence-electron chi connectivity index (χ0n) is 15.0. The number of halogens is 1. The second kappa shape index (κ2) is 7.30. The highest BCUT2D eigenvalue weighted by atomic mass is 19.1. The SMILES string of the molecule is CC1(C)CN(c2cccc(CO)c2F)CCN1C(=O)C1CCOCC1. The maximum absolute atomic E-state index is 14.6. The number of hydrogen-bond acceptors (Lipinski definition) is 4. The number of nitrogens with zero attached hydrogens (tertiary/aromatic N) is 2. The number of aliphatic hydroxyl groups excluding tert-OH is 1. The Balaban J connectivity index is 1.75. The standard InChI is InChI=1S/C19H27FN2O3/c1-19(2)13-21(16-5-3-4-15(12-23)17(16)20)8-9-22(19)18(24)14-6-10-25-11-7-14/h3-5,14,23H,6-13H2,1-2H3. The van der Waals surface area contributed by atoms with Crippen LogP contribution in [0.1, 0.15) is 32.3 Å². The van der Waals surface area contributed by atoms with E-state index in [1.54, 1.807) is 18.2 Å². The van der Waals surface area contributed by atoms with E-state index in [-0.39, 0.29) is 29.8 Å². The number of amides is 1. The number of benzene rings is 1. The first-order valence-corrected chi connectivity index (χ1v) is 8.96. The molecule has 1 N–H and O–H groups in total. The van der Waals surface area contributed by atoms with Crippen molar-refractivity contribution in [2.24, 2.45) is 5.92 Å². The predicted octanol–water partition coefficient (Wildman–Crippen LogP) is 2.17. The van der Waals surface area contributed by atoms with Crippen LogP contribution in [0.5, 0.6) is 0 Å². The minimum absolute atomic E-state index is 0.0361. The monoisotopic (exact) mass is 350 g/mol. The molecule has 2 saturated heterocycles. The summed E-state index contributed by atoms with van der Waals surface area (Å²) in [7, 11) is 0. The van der Waals surface area contributed by atoms with Gasteiger partial charge in [-0.1, -0.05) is 12.1 Å². The molecule has 3 rings (SSSR count). The molecular formula is C19H27FN2O3. The van der Waals surface area contributed by atoms with E-state index in [0.717, 1.165) is 12.8 Å². The second-order valence-corrected chi connectivity index (χ2v) is 7.52. The van der Waals surface area contributed by atoms with Gasteiger partial charge >= 0.3 is 0 Å². The first-order chi connectivity index (χ1) is 11.9. The Labute approximate surface area is 148 Å². The van der Waals surface area contributed by atoms with Crippen molar-refractivity contribution >= 4 is 11.6 Å². The highest BCUT2D eigenvalue weighted by molar-refractivity contribution is 5.80. The molecule has 0 saturated carbocycles. The summed E-state index contributed by atoms with van der Waals surface area (Å²) in [4.78, 5) is 16.9. The fourth-order valence-corrected chi connectivity index (χ4v) is 3.87. The van der Waals surface area contributed by atoms with Crippen molar-refractivity contribution in [2.75, 3.05) is 37.7 Å². The summed E-state index contributed by atoms with van der Waals surface area (Å²) in [6.45, 7) is 6.77. The van der Waals surface area contributed by atoms with Gasteiger partial charge in [0.1, 0.15) is 0 Å². The second-order valence-electron chi connectivity index (χ2n) is 7.52. The molecule has 0 aromatic heterocycles. The smallest absolute Gasteiger partial charge is 0.226 e. The van der Waals surface area contributed by atoms with E-state index in [1.807, 2.05) is 23.6 Å². The molecule has 1 aromatic rings. The number of aliphatic hydroxyl groups is 1. The number of ether oxygens (including phenoxy) is 1. The quantitative estimate of drug-likeness (QED) is 0.908. The third kappa shape index (κ3) is 3.65. The van der Waals surface area contributed by atoms with Crippen LogP contribution in [0.25, 0.3) is 0 Å². The molecule has 6 heteroatoms. The molecule has 1 amide bonds. The molecule has 0 bridgehead atoms. The minimum atomic E-state index is -0.380. The average Bonchev–Trinajstić information content (AvgIpc) is 2.61. The van der Waals surface area contributed by atoms with Crippen LogP contribution in [-0.2, 0) is 16.1 Å². The molecule has 138 valence electrons. The summed E-state index contributed by atoms with van der Waals surface area (Å²) < 4.78 is 19.9. The number of rotatable bonds is 3. The number of carbonyl (C=O) groups is 1. The van der Waals surface area contributed by atoms with Gasteiger partial charge in [0, 0.05) is 44.3 Å². The number of anilines is 1. The highest BCUT2D eigenvalue weighted by Gasteiger charge is 2.40. The predicted molar refractivity (Wildman–Crippen MR) is 93.9 cm³/mol. The Morgan fingerprint density at radius 2 is 2.04 bits per heavy atom. The third-order valence-electron chi connectivity index (χ3n) is 5.31. The summed E-state index contributed by atoms with van der Waals surface area (Å²) in [5, 5.41) is 9.28. The molecule has 0 aliphatic carbocycles. The molecule has 5 nitrogen and oxygen atoms in total. The van der Waals surface area contributed by atoms with Gasteiger partial charge in [-0.05, 0) is 32.8 Å². The van der Waals surface area contributed by atoms with E-state index < -0.39 is 0 Å². The van der Waals surface area contributed by atoms with E-state index >= 15 is 0 Å². The van der Waals surface area contributed by atoms with Gasteiger partial charge in [0.05, 0.1) is 17.8 Å². The maximum atomic E-state index is 14.6. The van der Waals surface area contributed by atoms with E-state index in [1.165, 1.54) is 0 Å². The van der Waals surface area contributed by atoms with E-state index in [4.69, 9.17) is 4.74 Å². The average molecular weight is 350 g/mol. The van der Waals surface area contributed by atoms with Crippen LogP contribution in [0.15, 0.2) is 18.2 Å². The zero-order valence-corrected chi connectivity index (χ0v) is 15.0. The van der Waals surface area contributed by atoms with Crippen LogP contribution < -0.4 is 4.90 Å². The lowest BCUT2D eigenvalue weighted by molar-refractivity contribution is -0.144. The largest absolute Gasteiger partial charge is 0.392 e. The van der Waals surface area contributed by atoms with Crippen molar-refractivity contribution in [1.82, 2.24) is 4.90 Å². The summed E-state index contributed by atoms with van der Waals surface area (Å²) in [6, 6.07) is 5.09. The van der Waals surface area contributed by atoms with Crippen LogP contribution in [0.4, 0.5) is 10.1 Å². The summed E-state index contributed by atoms with van der Waals surface area (Å²) in [5.74, 6) is -0.142. The first-order valence-electron chi connectivity index (χ1n) is 8.96. The van der Waals surface area contributed by atoms with Gasteiger partial charge in [0.25, 0.3) is 0 Å². The molecule has 1 aromatic carbocycles. The third-order valence-corrected chi connectivity index (χ3v) is 5.31. The lowest BCUT2D eigenvalue weighted by Crippen LogP contribution is -2.62. The summed E-state index contributed by atoms with van der Waals surface area (Å²) >= 11 is 0. The van der Waals surface area contributed by atoms with Gasteiger partial charge in [0.15, 0.2) is 5.82 Å². The Bertz CT molecular complexity index is 629. The number of carbonyl (C=O) groups excluding carboxylic acids is 1. The topological polar surface area (TPSA) is 53.0 Å². The van der Waals surface area contributed by atoms with Crippen LogP contribution >= 0.6 is 0 Å². The molecule has 2 aliphatic rings. The van der Waals surface area contributed by atoms with Gasteiger partial charge in [-0.3, -0.25) is 4.79 Å². The minimum Gasteiger partial charge on any atom is -0.392 e. The fourth-order valence-electron chi connectivity index (χ4n) is 3.87. The Morgan fingerprint density at radius 1 is 1.32 bits per heavy atom. The van der Waals surface area contributed by atoms with E-state index in [0.29, 0.717) is 44.1 Å². The first kappa shape index (κ1) is 18.1. The molecule has 0 unspecified atom stereocenters. The number of hydrogen-bond donors (Lipinski definition) is 1. The van der Waals surface area contributed by atoms with Crippen LogP contribution in [0.3, 0.4) is 0 Å². The molecule has 25 heavy (non-hydrogen) atoms. The van der Waals surface area contributed by atoms with Gasteiger partial charge in [-0.25, -0.2) is 4.39 Å². The van der Waals surface area contributed by atoms with Crippen LogP contribution in [-0.4, -0.2) is 54.3 Å². The van der Waals surface area contributed by atoms with Gasteiger partial charge in [-0.2, -0.15) is 0 Å². The van der Waals surface area contributed by atoms with Gasteiger partial charge in [0.2, 0.25) is 5.91 Å². The molecule has 2 heterocycles. The van der Waals surface area contributed by atoms with Gasteiger partial charge in [-0.15, -0.1) is 0 Å². The highest BCUT2D eigenvalue weighted by Crippen LogP contribution is 2.31. The normalized spacial score (nSPS) is 21.4. The number of piperazine rings is 1. The summed E-state index contributed by atoms with van der Waals surface area (Å²) in [6.07, 6.45) is 1.56. The summed E-state index contributed by atoms with van der Waals surface area (Å²) in [5.41, 5.74) is 0.420. The molecule has 0 radical (unpaired) electrons. The molecular weight excluding hydrogens is 323 g/mol. The van der Waals surface area contributed by atoms with Crippen molar-refractivity contribution < 1.29 is 19.0 Å². The van der Waals surface area contributed by atoms with Crippen molar-refractivity contribution in [3.05, 3.63) is 29.6 Å². The maximum Gasteiger partial charge on any atom is 0.226 e. The van der Waals surface area contributed by atoms with Crippen molar-refractivity contribution in [3.63, 3.8) is 0 Å². The Hall–Kier alpha value is -1.66. The van der Waals surface area contributed by atoms with Gasteiger partial charge < -0.3 is 19.6 Å². The molecule has 0 atom stereocenters. The van der Waals surface area contributed by atoms with E-state index in [2.05, 4.69) is 0 Å². The Kier molecular flexibility index (Phi) is 5.29. The van der Waals surface area contributed by atoms with Crippen molar-refractivity contribution in [1.29, 1.82) is 0 Å². The van der Waals surface area contributed by atoms with Crippen LogP contribution in [0, 0.1) is 11.7 Å². The van der Waals surface area contributed by atoms with Crippen LogP contribution in [0.2, 0.25) is 0 Å². The van der Waals surface area contributed by atoms with Crippen molar-refractivity contribution in [2.45, 2.75) is 38.8 Å². The lowest BCUT2D eigenvalue weighted by Gasteiger charge is -2.49. The molecule has 0 spiro atoms. The fraction of sp³-hybridized carbons (Fsp3) is 0.632. The Morgan fingerprint density at radius 3 is 2.68 bits per heavy atom. The molecule has 2 aliphatic heterocycles. The lowest BCUT2D eigenvalue weighted by atomic mass is 9.92. The zero-order chi connectivity index (χ0) is 18.0.